The Hall–Kier alpha value is -1.84. The van der Waals surface area contributed by atoms with Crippen LogP contribution in [0.25, 0.3) is 0 Å². The highest BCUT2D eigenvalue weighted by Crippen LogP contribution is 2.28. The molecule has 28 heavy (non-hydrogen) atoms. The van der Waals surface area contributed by atoms with Gasteiger partial charge >= 0.3 is 0 Å². The lowest BCUT2D eigenvalue weighted by atomic mass is 9.87. The lowest BCUT2D eigenvalue weighted by Gasteiger charge is -2.38. The molecule has 0 spiro atoms. The molecule has 1 rings (SSSR count). The highest BCUT2D eigenvalue weighted by molar-refractivity contribution is 6.03. The van der Waals surface area contributed by atoms with Crippen molar-refractivity contribution in [2.75, 3.05) is 26.2 Å². The topological polar surface area (TPSA) is 35.9 Å². The van der Waals surface area contributed by atoms with Crippen LogP contribution in [0.15, 0.2) is 40.2 Å². The molecule has 0 radical (unpaired) electrons. The molecule has 0 aromatic carbocycles. The molecule has 0 N–H and O–H groups in total. The Morgan fingerprint density at radius 1 is 1.04 bits per heavy atom. The molecule has 4 heteroatoms. The number of aliphatic imine (C=N–C) groups is 1. The van der Waals surface area contributed by atoms with Crippen LogP contribution in [0.5, 0.6) is 0 Å². The fourth-order valence-electron chi connectivity index (χ4n) is 3.69. The highest BCUT2D eigenvalue weighted by atomic mass is 16.2. The number of carbonyl (C=O) groups is 1. The van der Waals surface area contributed by atoms with Gasteiger partial charge < -0.3 is 9.80 Å². The molecule has 0 bridgehead atoms. The van der Waals surface area contributed by atoms with Crippen LogP contribution in [0, 0.1) is 11.8 Å². The average molecular weight is 388 g/mol. The minimum Gasteiger partial charge on any atom is -0.371 e. The quantitative estimate of drug-likeness (QED) is 0.411. The van der Waals surface area contributed by atoms with Gasteiger partial charge in [-0.05, 0) is 45.1 Å². The Morgan fingerprint density at radius 2 is 1.61 bits per heavy atom. The Balaban J connectivity index is 3.20. The SMILES string of the molecule is C\C=C(C(/C(C)=N/C=C/CC)=C(/C)N1CCN(C(=O)C(C)C)CC1)\[C@H](C)CC. The monoisotopic (exact) mass is 387 g/mol. The van der Waals surface area contributed by atoms with Crippen LogP contribution in [-0.2, 0) is 4.79 Å². The van der Waals surface area contributed by atoms with Gasteiger partial charge in [-0.2, -0.15) is 0 Å². The number of piperazine rings is 1. The van der Waals surface area contributed by atoms with Crippen molar-refractivity contribution in [3.8, 4) is 0 Å². The molecular formula is C24H41N3O. The van der Waals surface area contributed by atoms with Gasteiger partial charge in [0, 0.05) is 55.3 Å². The summed E-state index contributed by atoms with van der Waals surface area (Å²) >= 11 is 0. The van der Waals surface area contributed by atoms with E-state index in [0.717, 1.165) is 44.7 Å². The summed E-state index contributed by atoms with van der Waals surface area (Å²) in [7, 11) is 0. The smallest absolute Gasteiger partial charge is 0.225 e. The molecular weight excluding hydrogens is 346 g/mol. The van der Waals surface area contributed by atoms with E-state index in [1.165, 1.54) is 16.8 Å². The van der Waals surface area contributed by atoms with Gasteiger partial charge in [0.15, 0.2) is 0 Å². The van der Waals surface area contributed by atoms with Crippen LogP contribution >= 0.6 is 0 Å². The lowest BCUT2D eigenvalue weighted by Crippen LogP contribution is -2.49. The zero-order valence-electron chi connectivity index (χ0n) is 19.4. The second kappa shape index (κ2) is 11.9. The molecule has 0 saturated carbocycles. The Bertz CT molecular complexity index is 632. The second-order valence-electron chi connectivity index (χ2n) is 7.99. The van der Waals surface area contributed by atoms with Gasteiger partial charge in [0.2, 0.25) is 5.91 Å². The van der Waals surface area contributed by atoms with Crippen LogP contribution < -0.4 is 0 Å². The molecule has 1 heterocycles. The molecule has 158 valence electrons. The van der Waals surface area contributed by atoms with Crippen molar-refractivity contribution in [1.82, 2.24) is 9.80 Å². The van der Waals surface area contributed by atoms with E-state index in [2.05, 4.69) is 58.6 Å². The summed E-state index contributed by atoms with van der Waals surface area (Å²) in [4.78, 5) is 21.5. The van der Waals surface area contributed by atoms with Crippen LogP contribution in [0.3, 0.4) is 0 Å². The van der Waals surface area contributed by atoms with Crippen molar-refractivity contribution < 1.29 is 4.79 Å². The number of amides is 1. The summed E-state index contributed by atoms with van der Waals surface area (Å²) in [5.74, 6) is 0.815. The minimum absolute atomic E-state index is 0.0681. The van der Waals surface area contributed by atoms with Gasteiger partial charge in [0.25, 0.3) is 0 Å². The summed E-state index contributed by atoms with van der Waals surface area (Å²) in [6.45, 7) is 20.4. The van der Waals surface area contributed by atoms with Crippen LogP contribution in [0.4, 0.5) is 0 Å². The van der Waals surface area contributed by atoms with Crippen molar-refractivity contribution >= 4 is 11.6 Å². The predicted octanol–water partition coefficient (Wildman–Crippen LogP) is 5.44. The molecule has 0 aromatic rings. The maximum absolute atomic E-state index is 12.3. The van der Waals surface area contributed by atoms with E-state index < -0.39 is 0 Å². The van der Waals surface area contributed by atoms with E-state index in [0.29, 0.717) is 5.92 Å². The first-order valence-corrected chi connectivity index (χ1v) is 10.9. The van der Waals surface area contributed by atoms with Crippen molar-refractivity contribution in [2.45, 2.75) is 68.2 Å². The third kappa shape index (κ3) is 6.35. The van der Waals surface area contributed by atoms with Gasteiger partial charge in [0.1, 0.15) is 0 Å². The van der Waals surface area contributed by atoms with Crippen molar-refractivity contribution in [3.63, 3.8) is 0 Å². The summed E-state index contributed by atoms with van der Waals surface area (Å²) in [6.07, 6.45) is 8.35. The number of hydrogen-bond acceptors (Lipinski definition) is 3. The minimum atomic E-state index is 0.0681. The van der Waals surface area contributed by atoms with Gasteiger partial charge in [-0.1, -0.05) is 46.8 Å². The van der Waals surface area contributed by atoms with Gasteiger partial charge in [-0.25, -0.2) is 0 Å². The fourth-order valence-corrected chi connectivity index (χ4v) is 3.69. The Labute approximate surface area is 173 Å². The molecule has 1 fully saturated rings. The zero-order valence-corrected chi connectivity index (χ0v) is 19.4. The largest absolute Gasteiger partial charge is 0.371 e. The highest BCUT2D eigenvalue weighted by Gasteiger charge is 2.25. The molecule has 1 atom stereocenters. The second-order valence-corrected chi connectivity index (χ2v) is 7.99. The van der Waals surface area contributed by atoms with E-state index in [1.807, 2.05) is 24.9 Å². The standard InChI is InChI=1S/C24H41N3O/c1-9-12-13-25-20(7)23(22(11-3)19(6)10-2)21(8)26-14-16-27(17-15-26)24(28)18(4)5/h11-13,18-19H,9-10,14-17H2,1-8H3/b13-12+,22-11-,23-21-,25-20+/t19-/m1/s1. The first kappa shape index (κ1) is 24.2. The van der Waals surface area contributed by atoms with E-state index in [1.54, 1.807) is 0 Å². The van der Waals surface area contributed by atoms with Crippen molar-refractivity contribution in [1.29, 1.82) is 0 Å². The van der Waals surface area contributed by atoms with E-state index in [-0.39, 0.29) is 11.8 Å². The maximum Gasteiger partial charge on any atom is 0.225 e. The van der Waals surface area contributed by atoms with E-state index in [9.17, 15) is 4.79 Å². The van der Waals surface area contributed by atoms with Gasteiger partial charge in [0.05, 0.1) is 0 Å². The van der Waals surface area contributed by atoms with Crippen molar-refractivity contribution in [2.24, 2.45) is 16.8 Å². The molecule has 0 aromatic heterocycles. The Kier molecular flexibility index (Phi) is 10.3. The number of allylic oxidation sites excluding steroid dienone is 5. The van der Waals surface area contributed by atoms with Gasteiger partial charge in [-0.3, -0.25) is 9.79 Å². The van der Waals surface area contributed by atoms with Crippen LogP contribution in [0.1, 0.15) is 68.2 Å². The number of rotatable bonds is 8. The first-order chi connectivity index (χ1) is 13.3. The van der Waals surface area contributed by atoms with Crippen molar-refractivity contribution in [3.05, 3.63) is 35.2 Å². The third-order valence-corrected chi connectivity index (χ3v) is 5.64. The first-order valence-electron chi connectivity index (χ1n) is 10.9. The lowest BCUT2D eigenvalue weighted by molar-refractivity contribution is -0.135. The van der Waals surface area contributed by atoms with Crippen LogP contribution in [0.2, 0.25) is 0 Å². The number of carbonyl (C=O) groups excluding carboxylic acids is 1. The van der Waals surface area contributed by atoms with Gasteiger partial charge in [-0.15, -0.1) is 0 Å². The predicted molar refractivity (Wildman–Crippen MR) is 121 cm³/mol. The molecule has 0 aliphatic carbocycles. The molecule has 1 amide bonds. The molecule has 1 aliphatic heterocycles. The molecule has 0 unspecified atom stereocenters. The number of hydrogen-bond donors (Lipinski definition) is 0. The summed E-state index contributed by atoms with van der Waals surface area (Å²) in [6, 6.07) is 0. The fraction of sp³-hybridized carbons (Fsp3) is 0.667. The van der Waals surface area contributed by atoms with E-state index >= 15 is 0 Å². The van der Waals surface area contributed by atoms with Crippen LogP contribution in [-0.4, -0.2) is 47.6 Å². The summed E-state index contributed by atoms with van der Waals surface area (Å²) in [5, 5.41) is 0. The average Bonchev–Trinajstić information content (AvgIpc) is 2.70. The summed E-state index contributed by atoms with van der Waals surface area (Å²) < 4.78 is 0. The normalized spacial score (nSPS) is 18.8. The summed E-state index contributed by atoms with van der Waals surface area (Å²) in [5.41, 5.74) is 4.97. The molecule has 1 aliphatic rings. The zero-order chi connectivity index (χ0) is 21.3. The van der Waals surface area contributed by atoms with E-state index in [4.69, 9.17) is 4.99 Å². The Morgan fingerprint density at radius 3 is 2.07 bits per heavy atom. The number of nitrogens with zero attached hydrogens (tertiary/aromatic N) is 3. The maximum atomic E-state index is 12.3. The molecule has 1 saturated heterocycles. The molecule has 4 nitrogen and oxygen atoms in total. The third-order valence-electron chi connectivity index (χ3n) is 5.64.